The summed E-state index contributed by atoms with van der Waals surface area (Å²) in [6, 6.07) is 15.6. The predicted molar refractivity (Wildman–Crippen MR) is 96.8 cm³/mol. The first-order chi connectivity index (χ1) is 13.0. The lowest BCUT2D eigenvalue weighted by Gasteiger charge is -2.09. The third-order valence-electron chi connectivity index (χ3n) is 3.69. The zero-order valence-electron chi connectivity index (χ0n) is 13.8. The van der Waals surface area contributed by atoms with Crippen LogP contribution in [0.5, 0.6) is 5.75 Å². The van der Waals surface area contributed by atoms with E-state index in [9.17, 15) is 13.2 Å². The van der Waals surface area contributed by atoms with Crippen LogP contribution in [0.1, 0.15) is 5.56 Å². The number of hydrogen-bond donors (Lipinski definition) is 1. The van der Waals surface area contributed by atoms with Crippen LogP contribution in [0.3, 0.4) is 0 Å². The van der Waals surface area contributed by atoms with Crippen LogP contribution in [0.25, 0.3) is 16.2 Å². The molecule has 138 valence electrons. The maximum absolute atomic E-state index is 12.4. The number of alkyl halides is 3. The van der Waals surface area contributed by atoms with Crippen LogP contribution >= 0.6 is 11.3 Å². The Morgan fingerprint density at radius 1 is 1.07 bits per heavy atom. The molecule has 27 heavy (non-hydrogen) atoms. The second kappa shape index (κ2) is 6.92. The molecule has 0 spiro atoms. The molecule has 0 aliphatic carbocycles. The molecule has 0 aliphatic rings. The second-order valence-corrected chi connectivity index (χ2v) is 6.63. The molecular weight excluding hydrogens is 377 g/mol. The van der Waals surface area contributed by atoms with Gasteiger partial charge in [-0.25, -0.2) is 9.50 Å². The van der Waals surface area contributed by atoms with Crippen molar-refractivity contribution in [3.8, 4) is 17.0 Å². The van der Waals surface area contributed by atoms with Crippen LogP contribution in [0.4, 0.5) is 18.3 Å². The van der Waals surface area contributed by atoms with Crippen molar-refractivity contribution in [1.82, 2.24) is 14.6 Å². The minimum absolute atomic E-state index is 0.283. The van der Waals surface area contributed by atoms with Crippen molar-refractivity contribution in [3.05, 3.63) is 66.4 Å². The van der Waals surface area contributed by atoms with E-state index in [4.69, 9.17) is 0 Å². The van der Waals surface area contributed by atoms with Gasteiger partial charge in [0.1, 0.15) is 5.75 Å². The number of halogens is 3. The maximum atomic E-state index is 12.4. The third kappa shape index (κ3) is 4.20. The molecule has 0 atom stereocenters. The lowest BCUT2D eigenvalue weighted by molar-refractivity contribution is -0.274. The lowest BCUT2D eigenvalue weighted by atomic mass is 10.1. The first kappa shape index (κ1) is 17.3. The number of ether oxygens (including phenoxy) is 1. The van der Waals surface area contributed by atoms with Crippen molar-refractivity contribution in [2.45, 2.75) is 12.9 Å². The highest BCUT2D eigenvalue weighted by Gasteiger charge is 2.31. The standard InChI is InChI=1S/C18H13F3N4OS/c19-18(20,21)26-14-8-4-7-13(9-14)15-11-25-17(23-15)27-16(24-25)22-10-12-5-2-1-3-6-12/h1-9,11H,10H2,(H,22,24). The second-order valence-electron chi connectivity index (χ2n) is 5.68. The molecule has 0 bridgehead atoms. The summed E-state index contributed by atoms with van der Waals surface area (Å²) in [5.74, 6) is -0.283. The van der Waals surface area contributed by atoms with Crippen molar-refractivity contribution in [2.75, 3.05) is 5.32 Å². The molecule has 0 fully saturated rings. The summed E-state index contributed by atoms with van der Waals surface area (Å²) in [5.41, 5.74) is 2.18. The summed E-state index contributed by atoms with van der Waals surface area (Å²) < 4.78 is 42.7. The van der Waals surface area contributed by atoms with E-state index in [0.29, 0.717) is 27.9 Å². The van der Waals surface area contributed by atoms with E-state index >= 15 is 0 Å². The van der Waals surface area contributed by atoms with Gasteiger partial charge in [-0.3, -0.25) is 0 Å². The zero-order chi connectivity index (χ0) is 18.9. The zero-order valence-corrected chi connectivity index (χ0v) is 14.6. The number of nitrogens with zero attached hydrogens (tertiary/aromatic N) is 3. The Balaban J connectivity index is 1.51. The molecule has 9 heteroatoms. The lowest BCUT2D eigenvalue weighted by Crippen LogP contribution is -2.17. The highest BCUT2D eigenvalue weighted by atomic mass is 32.1. The first-order valence-corrected chi connectivity index (χ1v) is 8.78. The molecule has 5 nitrogen and oxygen atoms in total. The fourth-order valence-electron chi connectivity index (χ4n) is 2.54. The molecule has 2 heterocycles. The SMILES string of the molecule is FC(F)(F)Oc1cccc(-c2cn3nc(NCc4ccccc4)sc3n2)c1. The van der Waals surface area contributed by atoms with Gasteiger partial charge in [-0.2, -0.15) is 0 Å². The number of fused-ring (bicyclic) bond motifs is 1. The Bertz CT molecular complexity index is 1030. The van der Waals surface area contributed by atoms with Gasteiger partial charge in [0.2, 0.25) is 10.1 Å². The molecule has 1 N–H and O–H groups in total. The Morgan fingerprint density at radius 3 is 2.63 bits per heavy atom. The van der Waals surface area contributed by atoms with E-state index in [1.54, 1.807) is 16.8 Å². The normalized spacial score (nSPS) is 11.7. The number of benzene rings is 2. The topological polar surface area (TPSA) is 51.5 Å². The highest BCUT2D eigenvalue weighted by molar-refractivity contribution is 7.20. The molecule has 4 aromatic rings. The minimum atomic E-state index is -4.73. The number of hydrogen-bond acceptors (Lipinski definition) is 5. The van der Waals surface area contributed by atoms with Crippen LogP contribution < -0.4 is 10.1 Å². The third-order valence-corrected chi connectivity index (χ3v) is 4.57. The molecule has 2 aromatic carbocycles. The van der Waals surface area contributed by atoms with E-state index in [1.165, 1.54) is 29.5 Å². The van der Waals surface area contributed by atoms with Gasteiger partial charge in [0, 0.05) is 12.1 Å². The van der Waals surface area contributed by atoms with Crippen molar-refractivity contribution < 1.29 is 17.9 Å². The summed E-state index contributed by atoms with van der Waals surface area (Å²) in [4.78, 5) is 5.08. The van der Waals surface area contributed by atoms with E-state index < -0.39 is 6.36 Å². The molecule has 0 unspecified atom stereocenters. The molecule has 0 saturated heterocycles. The first-order valence-electron chi connectivity index (χ1n) is 7.96. The number of nitrogens with one attached hydrogen (secondary N) is 1. The van der Waals surface area contributed by atoms with Gasteiger partial charge < -0.3 is 10.1 Å². The maximum Gasteiger partial charge on any atom is 0.573 e. The fourth-order valence-corrected chi connectivity index (χ4v) is 3.31. The average Bonchev–Trinajstić information content (AvgIpc) is 3.18. The Morgan fingerprint density at radius 2 is 1.89 bits per heavy atom. The Labute approximate surface area is 156 Å². The van der Waals surface area contributed by atoms with Gasteiger partial charge in [-0.15, -0.1) is 18.3 Å². The molecular formula is C18H13F3N4OS. The quantitative estimate of drug-likeness (QED) is 0.523. The molecule has 0 saturated carbocycles. The Kier molecular flexibility index (Phi) is 4.44. The number of rotatable bonds is 5. The number of anilines is 1. The van der Waals surface area contributed by atoms with Crippen LogP contribution in [0, 0.1) is 0 Å². The summed E-state index contributed by atoms with van der Waals surface area (Å²) in [5, 5.41) is 8.35. The van der Waals surface area contributed by atoms with E-state index in [1.807, 2.05) is 30.3 Å². The van der Waals surface area contributed by atoms with Gasteiger partial charge in [-0.05, 0) is 17.7 Å². The van der Waals surface area contributed by atoms with Gasteiger partial charge in [0.25, 0.3) is 0 Å². The molecule has 0 radical (unpaired) electrons. The van der Waals surface area contributed by atoms with Crippen molar-refractivity contribution >= 4 is 21.4 Å². The largest absolute Gasteiger partial charge is 0.573 e. The van der Waals surface area contributed by atoms with Crippen molar-refractivity contribution in [1.29, 1.82) is 0 Å². The van der Waals surface area contributed by atoms with E-state index in [0.717, 1.165) is 5.56 Å². The van der Waals surface area contributed by atoms with Gasteiger partial charge in [0.15, 0.2) is 0 Å². The van der Waals surface area contributed by atoms with Crippen LogP contribution in [-0.4, -0.2) is 21.0 Å². The summed E-state index contributed by atoms with van der Waals surface area (Å²) in [6.45, 7) is 0.640. The van der Waals surface area contributed by atoms with Crippen LogP contribution in [0.2, 0.25) is 0 Å². The predicted octanol–water partition coefficient (Wildman–Crippen LogP) is 4.97. The minimum Gasteiger partial charge on any atom is -0.406 e. The van der Waals surface area contributed by atoms with Crippen LogP contribution in [0.15, 0.2) is 60.8 Å². The fraction of sp³-hybridized carbons (Fsp3) is 0.111. The smallest absolute Gasteiger partial charge is 0.406 e. The summed E-state index contributed by atoms with van der Waals surface area (Å²) in [6.07, 6.45) is -3.06. The van der Waals surface area contributed by atoms with E-state index in [-0.39, 0.29) is 5.75 Å². The molecule has 2 aromatic heterocycles. The van der Waals surface area contributed by atoms with E-state index in [2.05, 4.69) is 20.1 Å². The van der Waals surface area contributed by atoms with Crippen molar-refractivity contribution in [3.63, 3.8) is 0 Å². The van der Waals surface area contributed by atoms with Gasteiger partial charge in [-0.1, -0.05) is 53.8 Å². The average molecular weight is 390 g/mol. The monoisotopic (exact) mass is 390 g/mol. The highest BCUT2D eigenvalue weighted by Crippen LogP contribution is 2.29. The molecule has 4 rings (SSSR count). The van der Waals surface area contributed by atoms with Gasteiger partial charge >= 0.3 is 6.36 Å². The van der Waals surface area contributed by atoms with Crippen LogP contribution in [-0.2, 0) is 6.54 Å². The van der Waals surface area contributed by atoms with Crippen molar-refractivity contribution in [2.24, 2.45) is 0 Å². The number of aromatic nitrogens is 3. The Hall–Kier alpha value is -3.07. The summed E-state index contributed by atoms with van der Waals surface area (Å²) in [7, 11) is 0. The molecule has 0 aliphatic heterocycles. The summed E-state index contributed by atoms with van der Waals surface area (Å²) >= 11 is 1.36. The number of imidazole rings is 1. The molecule has 0 amide bonds. The van der Waals surface area contributed by atoms with Gasteiger partial charge in [0.05, 0.1) is 11.9 Å².